The lowest BCUT2D eigenvalue weighted by Gasteiger charge is -2.11. The van der Waals surface area contributed by atoms with Crippen LogP contribution in [0.5, 0.6) is 0 Å². The van der Waals surface area contributed by atoms with Gasteiger partial charge >= 0.3 is 0 Å². The summed E-state index contributed by atoms with van der Waals surface area (Å²) in [6.07, 6.45) is 4.07. The van der Waals surface area contributed by atoms with Crippen molar-refractivity contribution < 1.29 is 5.21 Å². The fourth-order valence-electron chi connectivity index (χ4n) is 2.10. The number of hydrogen-bond acceptors (Lipinski definition) is 2. The normalized spacial score (nSPS) is 12.7. The van der Waals surface area contributed by atoms with Gasteiger partial charge in [-0.15, -0.1) is 0 Å². The summed E-state index contributed by atoms with van der Waals surface area (Å²) >= 11 is 0. The molecular weight excluding hydrogens is 212 g/mol. The van der Waals surface area contributed by atoms with Gasteiger partial charge in [0.15, 0.2) is 0 Å². The van der Waals surface area contributed by atoms with E-state index in [9.17, 15) is 0 Å². The van der Waals surface area contributed by atoms with Gasteiger partial charge in [-0.2, -0.15) is 5.48 Å². The van der Waals surface area contributed by atoms with Gasteiger partial charge in [-0.25, -0.2) is 0 Å². The van der Waals surface area contributed by atoms with Crippen LogP contribution in [0, 0.1) is 13.8 Å². The number of para-hydroxylation sites is 1. The predicted molar refractivity (Wildman–Crippen MR) is 68.6 cm³/mol. The van der Waals surface area contributed by atoms with Gasteiger partial charge in [-0.3, -0.25) is 0 Å². The summed E-state index contributed by atoms with van der Waals surface area (Å²) < 4.78 is 2.10. The largest absolute Gasteiger partial charge is 0.323 e. The molecule has 0 radical (unpaired) electrons. The minimum absolute atomic E-state index is 0.0550. The van der Waals surface area contributed by atoms with Crippen molar-refractivity contribution in [1.29, 1.82) is 0 Å². The average molecular weight is 230 g/mol. The molecule has 1 aromatic heterocycles. The molecule has 0 spiro atoms. The van der Waals surface area contributed by atoms with Gasteiger partial charge in [0.05, 0.1) is 11.7 Å². The van der Waals surface area contributed by atoms with Crippen molar-refractivity contribution in [2.45, 2.75) is 26.8 Å². The quantitative estimate of drug-likeness (QED) is 0.795. The van der Waals surface area contributed by atoms with Crippen molar-refractivity contribution in [3.8, 4) is 5.69 Å². The van der Waals surface area contributed by atoms with Crippen molar-refractivity contribution in [3.05, 3.63) is 53.3 Å². The van der Waals surface area contributed by atoms with Gasteiger partial charge in [0, 0.05) is 12.4 Å². The van der Waals surface area contributed by atoms with Crippen LogP contribution in [0.15, 0.2) is 36.7 Å². The maximum Gasteiger partial charge on any atom is 0.0555 e. The molecule has 3 nitrogen and oxygen atoms in total. The Balaban J connectivity index is 2.44. The van der Waals surface area contributed by atoms with E-state index in [1.165, 1.54) is 16.8 Å². The highest BCUT2D eigenvalue weighted by Gasteiger charge is 2.08. The molecule has 3 heteroatoms. The first-order valence-corrected chi connectivity index (χ1v) is 5.77. The summed E-state index contributed by atoms with van der Waals surface area (Å²) in [5.41, 5.74) is 7.03. The van der Waals surface area contributed by atoms with Gasteiger partial charge in [-0.05, 0) is 43.5 Å². The van der Waals surface area contributed by atoms with Gasteiger partial charge in [0.25, 0.3) is 0 Å². The molecule has 1 unspecified atom stereocenters. The first kappa shape index (κ1) is 11.9. The van der Waals surface area contributed by atoms with Gasteiger partial charge in [0.2, 0.25) is 0 Å². The van der Waals surface area contributed by atoms with E-state index in [-0.39, 0.29) is 6.04 Å². The fourth-order valence-corrected chi connectivity index (χ4v) is 2.10. The lowest BCUT2D eigenvalue weighted by Crippen LogP contribution is -2.12. The van der Waals surface area contributed by atoms with Crippen molar-refractivity contribution in [3.63, 3.8) is 0 Å². The van der Waals surface area contributed by atoms with E-state index in [0.29, 0.717) is 0 Å². The first-order valence-electron chi connectivity index (χ1n) is 5.77. The minimum atomic E-state index is -0.0550. The van der Waals surface area contributed by atoms with Crippen molar-refractivity contribution in [2.75, 3.05) is 0 Å². The van der Waals surface area contributed by atoms with Gasteiger partial charge in [-0.1, -0.05) is 18.2 Å². The van der Waals surface area contributed by atoms with E-state index in [0.717, 1.165) is 5.56 Å². The molecule has 17 heavy (non-hydrogen) atoms. The lowest BCUT2D eigenvalue weighted by atomic mass is 10.1. The van der Waals surface area contributed by atoms with Gasteiger partial charge in [0.1, 0.15) is 0 Å². The van der Waals surface area contributed by atoms with Crippen molar-refractivity contribution in [1.82, 2.24) is 10.0 Å². The molecular formula is C14H18N2O. The van der Waals surface area contributed by atoms with E-state index in [4.69, 9.17) is 5.21 Å². The molecule has 0 amide bonds. The zero-order valence-electron chi connectivity index (χ0n) is 10.4. The summed E-state index contributed by atoms with van der Waals surface area (Å²) in [5, 5.41) is 8.92. The van der Waals surface area contributed by atoms with Crippen LogP contribution in [-0.4, -0.2) is 9.77 Å². The third kappa shape index (κ3) is 2.25. The topological polar surface area (TPSA) is 37.2 Å². The molecule has 0 aliphatic heterocycles. The first-order chi connectivity index (χ1) is 8.13. The van der Waals surface area contributed by atoms with Crippen LogP contribution in [0.1, 0.15) is 29.7 Å². The standard InChI is InChI=1S/C14H18N2O/c1-10-5-4-6-11(2)14(10)16-8-7-13(9-16)12(3)15-17/h4-9,12,15,17H,1-3H3. The van der Waals surface area contributed by atoms with Crippen LogP contribution < -0.4 is 5.48 Å². The fraction of sp³-hybridized carbons (Fsp3) is 0.286. The molecule has 0 aliphatic carbocycles. The molecule has 2 aromatic rings. The second kappa shape index (κ2) is 4.73. The number of hydroxylamine groups is 1. The van der Waals surface area contributed by atoms with Crippen LogP contribution in [-0.2, 0) is 0 Å². The van der Waals surface area contributed by atoms with Crippen molar-refractivity contribution >= 4 is 0 Å². The summed E-state index contributed by atoms with van der Waals surface area (Å²) in [6, 6.07) is 8.24. The van der Waals surface area contributed by atoms with E-state index >= 15 is 0 Å². The van der Waals surface area contributed by atoms with Crippen LogP contribution >= 0.6 is 0 Å². The smallest absolute Gasteiger partial charge is 0.0555 e. The second-order valence-corrected chi connectivity index (χ2v) is 4.44. The molecule has 1 atom stereocenters. The number of benzene rings is 1. The number of aromatic nitrogens is 1. The predicted octanol–water partition coefficient (Wildman–Crippen LogP) is 3.13. The molecule has 90 valence electrons. The molecule has 0 bridgehead atoms. The maximum absolute atomic E-state index is 8.92. The molecule has 1 aromatic carbocycles. The highest BCUT2D eigenvalue weighted by Crippen LogP contribution is 2.21. The zero-order valence-corrected chi connectivity index (χ0v) is 10.4. The summed E-state index contributed by atoms with van der Waals surface area (Å²) in [6.45, 7) is 6.13. The minimum Gasteiger partial charge on any atom is -0.323 e. The monoisotopic (exact) mass is 230 g/mol. The Morgan fingerprint density at radius 2 is 1.82 bits per heavy atom. The Kier molecular flexibility index (Phi) is 3.31. The Hall–Kier alpha value is -1.58. The highest BCUT2D eigenvalue weighted by atomic mass is 16.5. The summed E-state index contributed by atoms with van der Waals surface area (Å²) in [4.78, 5) is 0. The Morgan fingerprint density at radius 3 is 2.41 bits per heavy atom. The number of rotatable bonds is 3. The molecule has 2 N–H and O–H groups in total. The number of nitrogens with zero attached hydrogens (tertiary/aromatic N) is 1. The lowest BCUT2D eigenvalue weighted by molar-refractivity contribution is 0.133. The van der Waals surface area contributed by atoms with E-state index in [1.54, 1.807) is 0 Å². The maximum atomic E-state index is 8.92. The Morgan fingerprint density at radius 1 is 1.18 bits per heavy atom. The van der Waals surface area contributed by atoms with E-state index in [1.807, 2.05) is 25.4 Å². The highest BCUT2D eigenvalue weighted by molar-refractivity contribution is 5.47. The van der Waals surface area contributed by atoms with Crippen molar-refractivity contribution in [2.24, 2.45) is 0 Å². The summed E-state index contributed by atoms with van der Waals surface area (Å²) in [5.74, 6) is 0. The number of aryl methyl sites for hydroxylation is 2. The molecule has 0 aliphatic rings. The third-order valence-corrected chi connectivity index (χ3v) is 3.11. The van der Waals surface area contributed by atoms with E-state index < -0.39 is 0 Å². The van der Waals surface area contributed by atoms with Gasteiger partial charge < -0.3 is 9.77 Å². The molecule has 2 rings (SSSR count). The van der Waals surface area contributed by atoms with Crippen LogP contribution in [0.25, 0.3) is 5.69 Å². The SMILES string of the molecule is Cc1cccc(C)c1-n1ccc(C(C)NO)c1. The molecule has 1 heterocycles. The number of nitrogens with one attached hydrogen (secondary N) is 1. The summed E-state index contributed by atoms with van der Waals surface area (Å²) in [7, 11) is 0. The second-order valence-electron chi connectivity index (χ2n) is 4.44. The molecule has 0 fully saturated rings. The van der Waals surface area contributed by atoms with Crippen LogP contribution in [0.3, 0.4) is 0 Å². The Bertz CT molecular complexity index is 496. The van der Waals surface area contributed by atoms with Crippen LogP contribution in [0.4, 0.5) is 0 Å². The Labute approximate surface area is 102 Å². The third-order valence-electron chi connectivity index (χ3n) is 3.11. The zero-order chi connectivity index (χ0) is 12.4. The molecule has 0 saturated heterocycles. The number of hydrogen-bond donors (Lipinski definition) is 2. The van der Waals surface area contributed by atoms with Crippen LogP contribution in [0.2, 0.25) is 0 Å². The van der Waals surface area contributed by atoms with E-state index in [2.05, 4.69) is 42.1 Å². The molecule has 0 saturated carbocycles. The average Bonchev–Trinajstić information content (AvgIpc) is 2.77.